The van der Waals surface area contributed by atoms with Gasteiger partial charge < -0.3 is 24.3 Å². The summed E-state index contributed by atoms with van der Waals surface area (Å²) < 4.78 is 10.9. The zero-order valence-corrected chi connectivity index (χ0v) is 18.4. The van der Waals surface area contributed by atoms with E-state index in [1.807, 2.05) is 48.5 Å². The number of nitrogens with zero attached hydrogens (tertiary/aromatic N) is 4. The SMILES string of the molecule is COc1cccc(-c2nnc(SCC(=O)Nc3ccc(N4CCN(C)CC4)cc3)o2)c1. The topological polar surface area (TPSA) is 83.7 Å². The average Bonchev–Trinajstić information content (AvgIpc) is 3.28. The first-order valence-electron chi connectivity index (χ1n) is 10.0. The van der Waals surface area contributed by atoms with E-state index in [9.17, 15) is 4.79 Å². The van der Waals surface area contributed by atoms with E-state index in [1.165, 1.54) is 17.4 Å². The van der Waals surface area contributed by atoms with Gasteiger partial charge in [0.1, 0.15) is 5.75 Å². The van der Waals surface area contributed by atoms with Crippen LogP contribution in [-0.4, -0.2) is 67.1 Å². The van der Waals surface area contributed by atoms with Crippen molar-refractivity contribution in [2.24, 2.45) is 0 Å². The lowest BCUT2D eigenvalue weighted by Gasteiger charge is -2.34. The number of benzene rings is 2. The number of methoxy groups -OCH3 is 1. The van der Waals surface area contributed by atoms with Gasteiger partial charge in [-0.3, -0.25) is 4.79 Å². The lowest BCUT2D eigenvalue weighted by Crippen LogP contribution is -2.44. The van der Waals surface area contributed by atoms with Crippen molar-refractivity contribution in [3.05, 3.63) is 48.5 Å². The number of hydrogen-bond donors (Lipinski definition) is 1. The number of likely N-dealkylation sites (N-methyl/N-ethyl adjacent to an activating group) is 1. The zero-order chi connectivity index (χ0) is 21.6. The van der Waals surface area contributed by atoms with Crippen molar-refractivity contribution in [3.8, 4) is 17.2 Å². The fourth-order valence-corrected chi connectivity index (χ4v) is 3.85. The van der Waals surface area contributed by atoms with Crippen LogP contribution in [-0.2, 0) is 4.79 Å². The Labute approximate surface area is 185 Å². The van der Waals surface area contributed by atoms with E-state index in [4.69, 9.17) is 9.15 Å². The molecule has 0 spiro atoms. The number of nitrogens with one attached hydrogen (secondary N) is 1. The molecule has 9 heteroatoms. The number of carbonyl (C=O) groups excluding carboxylic acids is 1. The number of hydrogen-bond acceptors (Lipinski definition) is 8. The summed E-state index contributed by atoms with van der Waals surface area (Å²) in [6.45, 7) is 4.15. The van der Waals surface area contributed by atoms with Gasteiger partial charge in [-0.25, -0.2) is 0 Å². The second kappa shape index (κ2) is 9.84. The highest BCUT2D eigenvalue weighted by molar-refractivity contribution is 7.99. The molecule has 0 atom stereocenters. The Morgan fingerprint density at radius 2 is 1.90 bits per heavy atom. The number of carbonyl (C=O) groups is 1. The fourth-order valence-electron chi connectivity index (χ4n) is 3.29. The summed E-state index contributed by atoms with van der Waals surface area (Å²) in [5.74, 6) is 1.16. The van der Waals surface area contributed by atoms with E-state index in [-0.39, 0.29) is 11.7 Å². The van der Waals surface area contributed by atoms with Crippen LogP contribution < -0.4 is 15.0 Å². The van der Waals surface area contributed by atoms with Gasteiger partial charge in [-0.15, -0.1) is 10.2 Å². The summed E-state index contributed by atoms with van der Waals surface area (Å²) in [6.07, 6.45) is 0. The number of thioether (sulfide) groups is 1. The molecule has 8 nitrogen and oxygen atoms in total. The monoisotopic (exact) mass is 439 g/mol. The molecule has 1 N–H and O–H groups in total. The van der Waals surface area contributed by atoms with Gasteiger partial charge in [-0.2, -0.15) is 0 Å². The first kappa shape index (κ1) is 21.2. The number of amides is 1. The molecule has 1 aromatic heterocycles. The van der Waals surface area contributed by atoms with Crippen LogP contribution >= 0.6 is 11.8 Å². The molecule has 1 saturated heterocycles. The minimum atomic E-state index is -0.126. The van der Waals surface area contributed by atoms with E-state index in [1.54, 1.807) is 7.11 Å². The Morgan fingerprint density at radius 3 is 2.65 bits per heavy atom. The quantitative estimate of drug-likeness (QED) is 0.562. The summed E-state index contributed by atoms with van der Waals surface area (Å²) in [6, 6.07) is 15.3. The second-order valence-electron chi connectivity index (χ2n) is 7.28. The third-order valence-corrected chi connectivity index (χ3v) is 5.89. The maximum atomic E-state index is 12.3. The van der Waals surface area contributed by atoms with E-state index in [2.05, 4.69) is 32.4 Å². The van der Waals surface area contributed by atoms with Gasteiger partial charge in [0, 0.05) is 43.1 Å². The van der Waals surface area contributed by atoms with Gasteiger partial charge in [0.25, 0.3) is 5.22 Å². The van der Waals surface area contributed by atoms with E-state index in [0.29, 0.717) is 16.9 Å². The first-order chi connectivity index (χ1) is 15.1. The predicted molar refractivity (Wildman–Crippen MR) is 122 cm³/mol. The molecule has 0 bridgehead atoms. The maximum Gasteiger partial charge on any atom is 0.277 e. The molecule has 3 aromatic rings. The third-order valence-electron chi connectivity index (χ3n) is 5.07. The summed E-state index contributed by atoms with van der Waals surface area (Å²) in [5, 5.41) is 11.3. The molecule has 1 fully saturated rings. The molecular weight excluding hydrogens is 414 g/mol. The average molecular weight is 440 g/mol. The van der Waals surface area contributed by atoms with Crippen molar-refractivity contribution in [2.75, 3.05) is 56.3 Å². The normalized spacial score (nSPS) is 14.5. The van der Waals surface area contributed by atoms with Crippen LogP contribution in [0.5, 0.6) is 5.75 Å². The Bertz CT molecular complexity index is 1020. The zero-order valence-electron chi connectivity index (χ0n) is 17.6. The molecule has 0 saturated carbocycles. The van der Waals surface area contributed by atoms with Crippen LogP contribution in [0.15, 0.2) is 58.2 Å². The van der Waals surface area contributed by atoms with Crippen LogP contribution in [0.25, 0.3) is 11.5 Å². The number of anilines is 2. The van der Waals surface area contributed by atoms with Crippen LogP contribution in [0.4, 0.5) is 11.4 Å². The van der Waals surface area contributed by atoms with Gasteiger partial charge in [0.05, 0.1) is 12.9 Å². The molecule has 1 aliphatic heterocycles. The molecule has 0 aliphatic carbocycles. The van der Waals surface area contributed by atoms with Crippen molar-refractivity contribution in [3.63, 3.8) is 0 Å². The number of rotatable bonds is 7. The molecule has 162 valence electrons. The largest absolute Gasteiger partial charge is 0.497 e. The van der Waals surface area contributed by atoms with Crippen LogP contribution in [0.3, 0.4) is 0 Å². The second-order valence-corrected chi connectivity index (χ2v) is 8.21. The molecule has 2 aromatic carbocycles. The molecule has 0 radical (unpaired) electrons. The molecular formula is C22H25N5O3S. The van der Waals surface area contributed by atoms with Crippen molar-refractivity contribution >= 4 is 29.0 Å². The maximum absolute atomic E-state index is 12.3. The van der Waals surface area contributed by atoms with Crippen LogP contribution in [0, 0.1) is 0 Å². The van der Waals surface area contributed by atoms with Crippen molar-refractivity contribution in [2.45, 2.75) is 5.22 Å². The standard InChI is InChI=1S/C22H25N5O3S/c1-26-10-12-27(13-11-26)18-8-6-17(7-9-18)23-20(28)15-31-22-25-24-21(30-22)16-4-3-5-19(14-16)29-2/h3-9,14H,10-13,15H2,1-2H3,(H,23,28). The van der Waals surface area contributed by atoms with E-state index < -0.39 is 0 Å². The summed E-state index contributed by atoms with van der Waals surface area (Å²) >= 11 is 1.20. The minimum absolute atomic E-state index is 0.126. The summed E-state index contributed by atoms with van der Waals surface area (Å²) in [5.41, 5.74) is 2.71. The van der Waals surface area contributed by atoms with Gasteiger partial charge in [0.2, 0.25) is 11.8 Å². The summed E-state index contributed by atoms with van der Waals surface area (Å²) in [4.78, 5) is 17.0. The molecule has 1 amide bonds. The number of ether oxygens (including phenoxy) is 1. The van der Waals surface area contributed by atoms with Crippen LogP contribution in [0.2, 0.25) is 0 Å². The number of piperazine rings is 1. The van der Waals surface area contributed by atoms with Gasteiger partial charge in [-0.05, 0) is 49.5 Å². The third kappa shape index (κ3) is 5.56. The highest BCUT2D eigenvalue weighted by Gasteiger charge is 2.15. The first-order valence-corrected chi connectivity index (χ1v) is 11.0. The fraction of sp³-hybridized carbons (Fsp3) is 0.318. The van der Waals surface area contributed by atoms with E-state index >= 15 is 0 Å². The highest BCUT2D eigenvalue weighted by Crippen LogP contribution is 2.26. The predicted octanol–water partition coefficient (Wildman–Crippen LogP) is 3.23. The Hall–Kier alpha value is -3.04. The van der Waals surface area contributed by atoms with Gasteiger partial charge in [-0.1, -0.05) is 17.8 Å². The lowest BCUT2D eigenvalue weighted by atomic mass is 10.2. The minimum Gasteiger partial charge on any atom is -0.497 e. The molecule has 1 aliphatic rings. The highest BCUT2D eigenvalue weighted by atomic mass is 32.2. The Balaban J connectivity index is 1.28. The lowest BCUT2D eigenvalue weighted by molar-refractivity contribution is -0.113. The van der Waals surface area contributed by atoms with Crippen molar-refractivity contribution in [1.29, 1.82) is 0 Å². The van der Waals surface area contributed by atoms with E-state index in [0.717, 1.165) is 37.4 Å². The molecule has 2 heterocycles. The van der Waals surface area contributed by atoms with Gasteiger partial charge >= 0.3 is 0 Å². The summed E-state index contributed by atoms with van der Waals surface area (Å²) in [7, 11) is 3.74. The Kier molecular flexibility index (Phi) is 6.73. The smallest absolute Gasteiger partial charge is 0.277 e. The van der Waals surface area contributed by atoms with Crippen LogP contribution in [0.1, 0.15) is 0 Å². The van der Waals surface area contributed by atoms with Crippen molar-refractivity contribution < 1.29 is 13.9 Å². The molecule has 0 unspecified atom stereocenters. The van der Waals surface area contributed by atoms with Crippen molar-refractivity contribution in [1.82, 2.24) is 15.1 Å². The van der Waals surface area contributed by atoms with Gasteiger partial charge in [0.15, 0.2) is 0 Å². The molecule has 31 heavy (non-hydrogen) atoms. The number of aromatic nitrogens is 2. The molecule has 4 rings (SSSR count). The Morgan fingerprint density at radius 1 is 1.13 bits per heavy atom.